The van der Waals surface area contributed by atoms with E-state index < -0.39 is 5.97 Å². The molecular formula is C30H40N4O4. The molecule has 1 N–H and O–H groups in total. The lowest BCUT2D eigenvalue weighted by Gasteiger charge is -2.48. The maximum Gasteiger partial charge on any atom is 0.303 e. The molecule has 0 amide bonds. The van der Waals surface area contributed by atoms with Crippen LogP contribution in [0.2, 0.25) is 0 Å². The summed E-state index contributed by atoms with van der Waals surface area (Å²) in [5.74, 6) is 0.857. The van der Waals surface area contributed by atoms with Gasteiger partial charge in [0.2, 0.25) is 0 Å². The second kappa shape index (κ2) is 10.8. The van der Waals surface area contributed by atoms with E-state index in [0.29, 0.717) is 23.8 Å². The molecule has 1 aromatic carbocycles. The molecule has 38 heavy (non-hydrogen) atoms. The van der Waals surface area contributed by atoms with E-state index >= 15 is 0 Å². The molecule has 4 fully saturated rings. The van der Waals surface area contributed by atoms with E-state index in [4.69, 9.17) is 4.84 Å². The Morgan fingerprint density at radius 2 is 1.63 bits per heavy atom. The number of fused-ring (bicyclic) bond motifs is 5. The predicted molar refractivity (Wildman–Crippen MR) is 146 cm³/mol. The molecule has 8 nitrogen and oxygen atoms in total. The third-order valence-corrected chi connectivity index (χ3v) is 9.75. The lowest BCUT2D eigenvalue weighted by atomic mass is 9.76. The van der Waals surface area contributed by atoms with Crippen molar-refractivity contribution in [2.45, 2.75) is 108 Å². The van der Waals surface area contributed by atoms with Gasteiger partial charge in [0, 0.05) is 30.6 Å². The van der Waals surface area contributed by atoms with Gasteiger partial charge in [0.05, 0.1) is 17.5 Å². The molecule has 3 heterocycles. The number of hydrogen-bond donors (Lipinski definition) is 1. The summed E-state index contributed by atoms with van der Waals surface area (Å²) in [6.07, 6.45) is 14.1. The number of para-hydroxylation sites is 2. The minimum absolute atomic E-state index is 0.0945. The molecule has 204 valence electrons. The Balaban J connectivity index is 1.32. The number of carbonyl (C=O) groups is 1. The van der Waals surface area contributed by atoms with Crippen LogP contribution in [0.4, 0.5) is 0 Å². The van der Waals surface area contributed by atoms with Gasteiger partial charge in [-0.1, -0.05) is 43.0 Å². The smallest absolute Gasteiger partial charge is 0.303 e. The first kappa shape index (κ1) is 25.5. The Kier molecular flexibility index (Phi) is 7.25. The Morgan fingerprint density at radius 1 is 0.947 bits per heavy atom. The minimum atomic E-state index is -0.943. The monoisotopic (exact) mass is 520 g/mol. The van der Waals surface area contributed by atoms with Crippen molar-refractivity contribution < 1.29 is 14.7 Å². The van der Waals surface area contributed by atoms with Crippen LogP contribution in [-0.2, 0) is 9.63 Å². The third kappa shape index (κ3) is 4.88. The highest BCUT2D eigenvalue weighted by atomic mass is 16.6. The number of aromatic nitrogens is 2. The highest BCUT2D eigenvalue weighted by Gasteiger charge is 2.47. The first-order valence-corrected chi connectivity index (χ1v) is 14.6. The summed E-state index contributed by atoms with van der Waals surface area (Å²) in [6, 6.07) is 9.62. The average molecular weight is 521 g/mol. The molecule has 4 aliphatic rings. The van der Waals surface area contributed by atoms with E-state index in [1.54, 1.807) is 0 Å². The van der Waals surface area contributed by atoms with Gasteiger partial charge in [-0.25, -0.2) is 4.98 Å². The van der Waals surface area contributed by atoms with Crippen LogP contribution in [0, 0.1) is 11.8 Å². The van der Waals surface area contributed by atoms with Crippen molar-refractivity contribution in [1.82, 2.24) is 14.5 Å². The fourth-order valence-electron chi connectivity index (χ4n) is 8.35. The molecule has 2 saturated heterocycles. The number of piperidine rings is 1. The first-order chi connectivity index (χ1) is 18.5. The van der Waals surface area contributed by atoms with Crippen molar-refractivity contribution in [2.75, 3.05) is 7.11 Å². The van der Waals surface area contributed by atoms with Crippen LogP contribution in [0.15, 0.2) is 34.2 Å². The number of aliphatic carboxylic acids is 1. The van der Waals surface area contributed by atoms with Crippen LogP contribution in [0.1, 0.15) is 95.2 Å². The molecule has 4 unspecified atom stereocenters. The van der Waals surface area contributed by atoms with Crippen molar-refractivity contribution in [3.8, 4) is 0 Å². The van der Waals surface area contributed by atoms with Crippen molar-refractivity contribution in [3.63, 3.8) is 0 Å². The van der Waals surface area contributed by atoms with Gasteiger partial charge in [-0.3, -0.25) is 14.5 Å². The SMILES string of the molecule is CON=C(CCC(=O)O)c1nc2ccccc2n(C2CC3CCC(C2)N3C2CC3CCCCC(C3)C2)c1=O. The van der Waals surface area contributed by atoms with Crippen LogP contribution in [0.25, 0.3) is 11.0 Å². The van der Waals surface area contributed by atoms with Gasteiger partial charge >= 0.3 is 5.97 Å². The molecule has 4 atom stereocenters. The molecule has 2 aromatic rings. The Hall–Kier alpha value is -2.74. The molecule has 2 aliphatic carbocycles. The molecular weight excluding hydrogens is 480 g/mol. The maximum atomic E-state index is 14.0. The highest BCUT2D eigenvalue weighted by molar-refractivity contribution is 6.00. The number of oxime groups is 1. The second-order valence-electron chi connectivity index (χ2n) is 12.1. The molecule has 2 saturated carbocycles. The number of benzene rings is 1. The van der Waals surface area contributed by atoms with Crippen LogP contribution in [0.5, 0.6) is 0 Å². The summed E-state index contributed by atoms with van der Waals surface area (Å²) < 4.78 is 1.95. The van der Waals surface area contributed by atoms with Gasteiger partial charge in [0.25, 0.3) is 5.56 Å². The minimum Gasteiger partial charge on any atom is -0.481 e. The van der Waals surface area contributed by atoms with E-state index in [1.165, 1.54) is 64.9 Å². The lowest BCUT2D eigenvalue weighted by Crippen LogP contribution is -2.52. The summed E-state index contributed by atoms with van der Waals surface area (Å²) in [5.41, 5.74) is 1.89. The summed E-state index contributed by atoms with van der Waals surface area (Å²) in [5, 5.41) is 13.3. The van der Waals surface area contributed by atoms with E-state index in [0.717, 1.165) is 35.7 Å². The zero-order valence-electron chi connectivity index (χ0n) is 22.4. The maximum absolute atomic E-state index is 14.0. The molecule has 0 radical (unpaired) electrons. The van der Waals surface area contributed by atoms with Crippen LogP contribution in [-0.4, -0.2) is 56.5 Å². The van der Waals surface area contributed by atoms with E-state index in [9.17, 15) is 14.7 Å². The number of carboxylic acids is 1. The number of hydrogen-bond acceptors (Lipinski definition) is 6. The fraction of sp³-hybridized carbons (Fsp3) is 0.667. The number of carboxylic acid groups (broad SMARTS) is 1. The average Bonchev–Trinajstić information content (AvgIpc) is 3.06. The predicted octanol–water partition coefficient (Wildman–Crippen LogP) is 5.14. The van der Waals surface area contributed by atoms with Crippen LogP contribution in [0.3, 0.4) is 0 Å². The molecule has 0 spiro atoms. The topological polar surface area (TPSA) is 97.0 Å². The van der Waals surface area contributed by atoms with E-state index in [2.05, 4.69) is 15.0 Å². The van der Waals surface area contributed by atoms with Crippen molar-refractivity contribution in [1.29, 1.82) is 0 Å². The van der Waals surface area contributed by atoms with Gasteiger partial charge in [0.15, 0.2) is 5.69 Å². The summed E-state index contributed by atoms with van der Waals surface area (Å²) in [4.78, 5) is 37.9. The van der Waals surface area contributed by atoms with E-state index in [-0.39, 0.29) is 30.1 Å². The zero-order chi connectivity index (χ0) is 26.2. The molecule has 4 bridgehead atoms. The Morgan fingerprint density at radius 3 is 2.29 bits per heavy atom. The number of nitrogens with zero attached hydrogens (tertiary/aromatic N) is 4. The standard InChI is InChI=1S/C30H40N4O4/c1-38-32-26(12-13-28(35)36)29-30(37)34(27-9-5-4-8-25(27)31-29)24-17-21-10-11-22(18-24)33(21)23-15-19-6-2-3-7-20(14-19)16-23/h4-5,8-9,19-24H,2-3,6-7,10-18H2,1H3,(H,35,36). The zero-order valence-corrected chi connectivity index (χ0v) is 22.4. The number of rotatable bonds is 7. The van der Waals surface area contributed by atoms with Crippen LogP contribution >= 0.6 is 0 Å². The molecule has 6 rings (SSSR count). The summed E-state index contributed by atoms with van der Waals surface area (Å²) >= 11 is 0. The van der Waals surface area contributed by atoms with Crippen molar-refractivity contribution in [3.05, 3.63) is 40.3 Å². The Labute approximate surface area is 224 Å². The van der Waals surface area contributed by atoms with E-state index in [1.807, 2.05) is 28.8 Å². The molecule has 8 heteroatoms. The first-order valence-electron chi connectivity index (χ1n) is 14.6. The second-order valence-corrected chi connectivity index (χ2v) is 12.1. The quantitative estimate of drug-likeness (QED) is 0.401. The normalized spacial score (nSPS) is 31.8. The third-order valence-electron chi connectivity index (χ3n) is 9.75. The van der Waals surface area contributed by atoms with Gasteiger partial charge in [-0.15, -0.1) is 0 Å². The van der Waals surface area contributed by atoms with Gasteiger partial charge in [0.1, 0.15) is 12.8 Å². The van der Waals surface area contributed by atoms with Crippen molar-refractivity contribution >= 4 is 22.7 Å². The summed E-state index contributed by atoms with van der Waals surface area (Å²) in [7, 11) is 1.41. The van der Waals surface area contributed by atoms with Gasteiger partial charge in [-0.2, -0.15) is 0 Å². The van der Waals surface area contributed by atoms with Crippen LogP contribution < -0.4 is 5.56 Å². The molecule has 1 aromatic heterocycles. The molecule has 2 aliphatic heterocycles. The van der Waals surface area contributed by atoms with Crippen molar-refractivity contribution in [2.24, 2.45) is 17.0 Å². The Bertz CT molecular complexity index is 1240. The fourth-order valence-corrected chi connectivity index (χ4v) is 8.35. The lowest BCUT2D eigenvalue weighted by molar-refractivity contribution is -0.136. The summed E-state index contributed by atoms with van der Waals surface area (Å²) in [6.45, 7) is 0. The van der Waals surface area contributed by atoms with Gasteiger partial charge < -0.3 is 14.5 Å². The largest absolute Gasteiger partial charge is 0.481 e. The highest BCUT2D eigenvalue weighted by Crippen LogP contribution is 2.47. The van der Waals surface area contributed by atoms with Gasteiger partial charge in [-0.05, 0) is 68.9 Å².